The van der Waals surface area contributed by atoms with E-state index in [1.165, 1.54) is 11.1 Å². The lowest BCUT2D eigenvalue weighted by molar-refractivity contribution is -0.0337. The molecule has 1 aromatic carbocycles. The van der Waals surface area contributed by atoms with Crippen LogP contribution in [0.15, 0.2) is 48.8 Å². The number of β-amino-alcohol motifs (C(OH)–C–C–N with tert-alkyl or cyclic N) is 1. The van der Waals surface area contributed by atoms with Crippen molar-refractivity contribution < 1.29 is 9.90 Å². The molecule has 1 unspecified atom stereocenters. The van der Waals surface area contributed by atoms with Gasteiger partial charge in [0.15, 0.2) is 0 Å². The molecule has 1 atom stereocenters. The number of hydrogen-bond acceptors (Lipinski definition) is 5. The summed E-state index contributed by atoms with van der Waals surface area (Å²) in [5.41, 5.74) is 8.85. The van der Waals surface area contributed by atoms with Crippen molar-refractivity contribution >= 4 is 5.91 Å². The van der Waals surface area contributed by atoms with Crippen LogP contribution in [0.1, 0.15) is 40.7 Å². The van der Waals surface area contributed by atoms with Crippen molar-refractivity contribution in [2.75, 3.05) is 32.7 Å². The number of aromatic nitrogens is 1. The fraction of sp³-hybridized carbons (Fsp3) is 0.500. The molecule has 3 N–H and O–H groups in total. The summed E-state index contributed by atoms with van der Waals surface area (Å²) in [4.78, 5) is 21.3. The first-order chi connectivity index (χ1) is 14.6. The molecule has 3 heterocycles. The summed E-state index contributed by atoms with van der Waals surface area (Å²) in [6.45, 7) is 4.74. The molecule has 4 rings (SSSR count). The maximum atomic E-state index is 12.9. The van der Waals surface area contributed by atoms with Crippen molar-refractivity contribution in [3.8, 4) is 0 Å². The molecule has 0 bridgehead atoms. The van der Waals surface area contributed by atoms with Crippen LogP contribution < -0.4 is 5.73 Å². The predicted octanol–water partition coefficient (Wildman–Crippen LogP) is 2.07. The minimum atomic E-state index is -0.457. The molecule has 30 heavy (non-hydrogen) atoms. The number of aliphatic hydroxyl groups is 1. The molecule has 160 valence electrons. The Hall–Kier alpha value is -2.28. The quantitative estimate of drug-likeness (QED) is 0.791. The van der Waals surface area contributed by atoms with Gasteiger partial charge >= 0.3 is 0 Å². The second-order valence-corrected chi connectivity index (χ2v) is 8.92. The fourth-order valence-electron chi connectivity index (χ4n) is 4.96. The molecular formula is C24H32N4O2. The Morgan fingerprint density at radius 1 is 1.17 bits per heavy atom. The van der Waals surface area contributed by atoms with E-state index in [0.29, 0.717) is 18.7 Å². The van der Waals surface area contributed by atoms with Gasteiger partial charge in [0, 0.05) is 32.0 Å². The van der Waals surface area contributed by atoms with E-state index < -0.39 is 6.10 Å². The van der Waals surface area contributed by atoms with Crippen molar-refractivity contribution in [2.24, 2.45) is 11.1 Å². The van der Waals surface area contributed by atoms with E-state index >= 15 is 0 Å². The monoisotopic (exact) mass is 408 g/mol. The molecule has 6 heteroatoms. The molecule has 2 aliphatic heterocycles. The first-order valence-corrected chi connectivity index (χ1v) is 10.9. The highest BCUT2D eigenvalue weighted by Gasteiger charge is 2.42. The van der Waals surface area contributed by atoms with Gasteiger partial charge in [-0.05, 0) is 74.0 Å². The first-order valence-electron chi connectivity index (χ1n) is 10.9. The number of hydrogen-bond donors (Lipinski definition) is 2. The second-order valence-electron chi connectivity index (χ2n) is 8.92. The Labute approximate surface area is 178 Å². The fourth-order valence-corrected chi connectivity index (χ4v) is 4.96. The van der Waals surface area contributed by atoms with Gasteiger partial charge in [-0.1, -0.05) is 24.3 Å². The summed E-state index contributed by atoms with van der Waals surface area (Å²) < 4.78 is 0. The number of carbonyl (C=O) groups is 1. The van der Waals surface area contributed by atoms with E-state index in [2.05, 4.69) is 34.1 Å². The third kappa shape index (κ3) is 4.89. The molecular weight excluding hydrogens is 376 g/mol. The maximum absolute atomic E-state index is 12.9. The van der Waals surface area contributed by atoms with Crippen molar-refractivity contribution in [1.82, 2.24) is 14.8 Å². The Balaban J connectivity index is 1.36. The van der Waals surface area contributed by atoms with Gasteiger partial charge < -0.3 is 15.7 Å². The topological polar surface area (TPSA) is 82.7 Å². The zero-order valence-corrected chi connectivity index (χ0v) is 17.5. The van der Waals surface area contributed by atoms with Crippen molar-refractivity contribution in [3.05, 3.63) is 65.5 Å². The van der Waals surface area contributed by atoms with Gasteiger partial charge in [-0.25, -0.2) is 0 Å². The molecule has 2 saturated heterocycles. The Morgan fingerprint density at radius 3 is 2.57 bits per heavy atom. The number of nitrogens with two attached hydrogens (primary N) is 1. The summed E-state index contributed by atoms with van der Waals surface area (Å²) in [5, 5.41) is 10.5. The Kier molecular flexibility index (Phi) is 6.46. The Morgan fingerprint density at radius 2 is 1.90 bits per heavy atom. The number of nitrogens with zero attached hydrogens (tertiary/aromatic N) is 3. The highest BCUT2D eigenvalue weighted by atomic mass is 16.3. The number of carbonyl (C=O) groups excluding carboxylic acids is 1. The predicted molar refractivity (Wildman–Crippen MR) is 117 cm³/mol. The normalized spacial score (nSPS) is 21.7. The minimum absolute atomic E-state index is 0.0109. The molecule has 2 aliphatic rings. The van der Waals surface area contributed by atoms with Gasteiger partial charge in [-0.3, -0.25) is 14.7 Å². The number of benzene rings is 1. The number of piperidine rings is 2. The highest BCUT2D eigenvalue weighted by molar-refractivity contribution is 5.94. The molecule has 2 fully saturated rings. The summed E-state index contributed by atoms with van der Waals surface area (Å²) in [6.07, 6.45) is 6.54. The van der Waals surface area contributed by atoms with Crippen LogP contribution in [0.4, 0.5) is 0 Å². The summed E-state index contributed by atoms with van der Waals surface area (Å²) in [5.74, 6) is -0.0266. The molecule has 1 aromatic heterocycles. The molecule has 6 nitrogen and oxygen atoms in total. The van der Waals surface area contributed by atoms with Gasteiger partial charge in [0.1, 0.15) is 0 Å². The summed E-state index contributed by atoms with van der Waals surface area (Å²) >= 11 is 0. The molecule has 0 saturated carbocycles. The van der Waals surface area contributed by atoms with E-state index in [-0.39, 0.29) is 11.3 Å². The number of rotatable bonds is 5. The van der Waals surface area contributed by atoms with Crippen LogP contribution in [0.2, 0.25) is 0 Å². The lowest BCUT2D eigenvalue weighted by Gasteiger charge is -2.49. The van der Waals surface area contributed by atoms with E-state index in [0.717, 1.165) is 51.9 Å². The van der Waals surface area contributed by atoms with E-state index in [1.807, 2.05) is 4.90 Å². The van der Waals surface area contributed by atoms with Gasteiger partial charge in [0.2, 0.25) is 0 Å². The first kappa shape index (κ1) is 21.0. The summed E-state index contributed by atoms with van der Waals surface area (Å²) in [6, 6.07) is 12.3. The van der Waals surface area contributed by atoms with Crippen molar-refractivity contribution in [2.45, 2.75) is 38.3 Å². The molecule has 1 spiro atoms. The van der Waals surface area contributed by atoms with E-state index in [4.69, 9.17) is 5.73 Å². The molecule has 0 aliphatic carbocycles. The minimum Gasteiger partial charge on any atom is -0.391 e. The lowest BCUT2D eigenvalue weighted by Crippen LogP contribution is -2.55. The smallest absolute Gasteiger partial charge is 0.255 e. The average Bonchev–Trinajstić information content (AvgIpc) is 2.77. The third-order valence-corrected chi connectivity index (χ3v) is 6.60. The van der Waals surface area contributed by atoms with Crippen molar-refractivity contribution in [3.63, 3.8) is 0 Å². The van der Waals surface area contributed by atoms with Crippen LogP contribution in [-0.4, -0.2) is 64.6 Å². The standard InChI is InChI=1S/C24H32N4O2/c25-10-7-19-3-5-20(6-4-19)16-27-12-8-24(9-13-27)14-22(29)17-28(18-24)23(30)21-2-1-11-26-15-21/h1-6,11,15,22,29H,7-10,12-14,16-18,25H2. The van der Waals surface area contributed by atoms with Gasteiger partial charge in [0.05, 0.1) is 11.7 Å². The van der Waals surface area contributed by atoms with Gasteiger partial charge in [-0.2, -0.15) is 0 Å². The largest absolute Gasteiger partial charge is 0.391 e. The SMILES string of the molecule is NCCc1ccc(CN2CCC3(CC2)CC(O)CN(C(=O)c2cccnc2)C3)cc1. The van der Waals surface area contributed by atoms with Crippen molar-refractivity contribution in [1.29, 1.82) is 0 Å². The van der Waals surface area contributed by atoms with Crippen LogP contribution >= 0.6 is 0 Å². The van der Waals surface area contributed by atoms with Crippen LogP contribution in [0.3, 0.4) is 0 Å². The highest BCUT2D eigenvalue weighted by Crippen LogP contribution is 2.40. The van der Waals surface area contributed by atoms with E-state index in [9.17, 15) is 9.90 Å². The van der Waals surface area contributed by atoms with E-state index in [1.54, 1.807) is 24.5 Å². The number of likely N-dealkylation sites (tertiary alicyclic amines) is 2. The van der Waals surface area contributed by atoms with Crippen LogP contribution in [-0.2, 0) is 13.0 Å². The molecule has 0 radical (unpaired) electrons. The molecule has 1 amide bonds. The summed E-state index contributed by atoms with van der Waals surface area (Å²) in [7, 11) is 0. The number of amides is 1. The van der Waals surface area contributed by atoms with Crippen LogP contribution in [0.5, 0.6) is 0 Å². The van der Waals surface area contributed by atoms with Crippen LogP contribution in [0.25, 0.3) is 0 Å². The number of aliphatic hydroxyl groups excluding tert-OH is 1. The van der Waals surface area contributed by atoms with Gasteiger partial charge in [-0.15, -0.1) is 0 Å². The second kappa shape index (κ2) is 9.25. The zero-order valence-electron chi connectivity index (χ0n) is 17.5. The Bertz CT molecular complexity index is 832. The number of pyridine rings is 1. The van der Waals surface area contributed by atoms with Crippen LogP contribution in [0, 0.1) is 5.41 Å². The molecule has 2 aromatic rings. The maximum Gasteiger partial charge on any atom is 0.255 e. The lowest BCUT2D eigenvalue weighted by atomic mass is 9.71. The third-order valence-electron chi connectivity index (χ3n) is 6.60. The average molecular weight is 409 g/mol. The van der Waals surface area contributed by atoms with Gasteiger partial charge in [0.25, 0.3) is 5.91 Å². The zero-order chi connectivity index (χ0) is 21.0.